The molecule has 3 aliphatic heterocycles. The van der Waals surface area contributed by atoms with Gasteiger partial charge in [0.1, 0.15) is 34.9 Å². The number of aliphatic hydroxyl groups excluding tert-OH is 1. The molecule has 10 atom stereocenters. The highest BCUT2D eigenvalue weighted by molar-refractivity contribution is 6.31. The third-order valence-electron chi connectivity index (χ3n) is 11.2. The van der Waals surface area contributed by atoms with Crippen molar-refractivity contribution < 1.29 is 72.9 Å². The lowest BCUT2D eigenvalue weighted by atomic mass is 9.72. The smallest absolute Gasteiger partial charge is 0.328 e. The molecule has 0 unspecified atom stereocenters. The predicted octanol–water partition coefficient (Wildman–Crippen LogP) is 0.551. The van der Waals surface area contributed by atoms with E-state index in [9.17, 15) is 49.2 Å². The second kappa shape index (κ2) is 14.6. The van der Waals surface area contributed by atoms with Crippen LogP contribution in [0.4, 0.5) is 4.79 Å². The van der Waals surface area contributed by atoms with Gasteiger partial charge in [-0.05, 0) is 33.8 Å². The van der Waals surface area contributed by atoms with Crippen molar-refractivity contribution in [2.24, 2.45) is 5.92 Å². The van der Waals surface area contributed by atoms with Crippen LogP contribution >= 0.6 is 0 Å². The summed E-state index contributed by atoms with van der Waals surface area (Å²) in [5, 5.41) is 53.0. The van der Waals surface area contributed by atoms with E-state index in [-0.39, 0.29) is 40.8 Å². The number of imide groups is 2. The molecule has 5 aliphatic rings. The number of nitrogens with one attached hydrogen (secondary N) is 3. The maximum absolute atomic E-state index is 14.0. The summed E-state index contributed by atoms with van der Waals surface area (Å²) < 4.78 is 30.5. The Balaban J connectivity index is 1.27. The summed E-state index contributed by atoms with van der Waals surface area (Å²) in [5.41, 5.74) is -3.63. The van der Waals surface area contributed by atoms with Gasteiger partial charge < -0.3 is 49.4 Å². The standard InChI is InChI=1S/C38H43N3O15/c1-13(42)9-22-53-14(2)29(28-35(48)40-37(50)41-36(28)49)39-19-10-23(54-15(3)34(19)56-22)55-21-12-38(51,16(4)43)11-18-25(21)33(47)27-26(31(18)45)30(44)17-7-6-8-20(52-5)24(17)32(27)46/h6-8,13-15,19,21-23,28-29,34,39,42,45,47,51H,9-12H2,1-5H3,(H2,40,41,48,49,50)/t13-,14+,15+,19-,21+,22-,23-,29-,34-,38-/m0/s1. The number of hydrogen-bond acceptors (Lipinski definition) is 16. The van der Waals surface area contributed by atoms with Crippen LogP contribution in [0.25, 0.3) is 0 Å². The van der Waals surface area contributed by atoms with Crippen molar-refractivity contribution in [2.75, 3.05) is 7.11 Å². The predicted molar refractivity (Wildman–Crippen MR) is 188 cm³/mol. The fourth-order valence-electron chi connectivity index (χ4n) is 8.51. The number of aromatic hydroxyl groups is 2. The maximum Gasteiger partial charge on any atom is 0.328 e. The van der Waals surface area contributed by atoms with Gasteiger partial charge in [0, 0.05) is 48.4 Å². The van der Waals surface area contributed by atoms with E-state index in [1.165, 1.54) is 32.2 Å². The molecule has 18 heteroatoms. The zero-order valence-electron chi connectivity index (χ0n) is 31.1. The Labute approximate surface area is 319 Å². The number of phenols is 2. The van der Waals surface area contributed by atoms with E-state index in [0.717, 1.165) is 6.92 Å². The number of carbonyl (C=O) groups excluding carboxylic acids is 6. The van der Waals surface area contributed by atoms with Crippen LogP contribution in [-0.4, -0.2) is 117 Å². The molecule has 4 amide bonds. The van der Waals surface area contributed by atoms with Gasteiger partial charge in [-0.2, -0.15) is 0 Å². The molecule has 18 nitrogen and oxygen atoms in total. The summed E-state index contributed by atoms with van der Waals surface area (Å²) in [4.78, 5) is 78.8. The highest BCUT2D eigenvalue weighted by atomic mass is 16.7. The number of barbiturate groups is 1. The number of carbonyl (C=O) groups is 6. The normalized spacial score (nSPS) is 32.4. The van der Waals surface area contributed by atoms with Crippen molar-refractivity contribution in [1.29, 1.82) is 0 Å². The average Bonchev–Trinajstić information content (AvgIpc) is 3.11. The molecule has 300 valence electrons. The summed E-state index contributed by atoms with van der Waals surface area (Å²) in [7, 11) is 1.31. The fourth-order valence-corrected chi connectivity index (χ4v) is 8.51. The summed E-state index contributed by atoms with van der Waals surface area (Å²) in [5.74, 6) is -6.76. The van der Waals surface area contributed by atoms with E-state index in [1.54, 1.807) is 13.8 Å². The van der Waals surface area contributed by atoms with Crippen molar-refractivity contribution >= 4 is 35.2 Å². The first-order chi connectivity index (χ1) is 26.4. The number of hydrogen-bond donors (Lipinski definition) is 7. The van der Waals surface area contributed by atoms with Gasteiger partial charge >= 0.3 is 6.03 Å². The maximum atomic E-state index is 14.0. The van der Waals surface area contributed by atoms with Gasteiger partial charge in [-0.15, -0.1) is 0 Å². The molecule has 56 heavy (non-hydrogen) atoms. The van der Waals surface area contributed by atoms with Crippen LogP contribution in [0.2, 0.25) is 0 Å². The van der Waals surface area contributed by atoms with Gasteiger partial charge in [-0.25, -0.2) is 4.79 Å². The Morgan fingerprint density at radius 3 is 2.29 bits per heavy atom. The van der Waals surface area contributed by atoms with E-state index < -0.39 is 137 Å². The molecule has 2 aliphatic carbocycles. The fraction of sp³-hybridized carbons (Fsp3) is 0.526. The number of Topliss-reactive ketones (excluding diaryl/α,β-unsaturated/α-hetero) is 1. The molecular weight excluding hydrogens is 738 g/mol. The number of fused-ring (bicyclic) bond motifs is 4. The molecule has 0 spiro atoms. The molecule has 7 rings (SSSR count). The molecule has 3 saturated heterocycles. The summed E-state index contributed by atoms with van der Waals surface area (Å²) in [6, 6.07) is 1.57. The Morgan fingerprint density at radius 2 is 1.64 bits per heavy atom. The zero-order chi connectivity index (χ0) is 40.5. The third-order valence-corrected chi connectivity index (χ3v) is 11.2. The Kier molecular flexibility index (Phi) is 10.3. The van der Waals surface area contributed by atoms with Gasteiger partial charge in [0.15, 0.2) is 24.1 Å². The van der Waals surface area contributed by atoms with Crippen LogP contribution in [0.5, 0.6) is 17.2 Å². The third kappa shape index (κ3) is 6.63. The van der Waals surface area contributed by atoms with Crippen LogP contribution in [0.15, 0.2) is 18.2 Å². The molecular formula is C38H43N3O15. The minimum Gasteiger partial charge on any atom is -0.507 e. The second-order valence-electron chi connectivity index (χ2n) is 15.0. The quantitative estimate of drug-likeness (QED) is 0.127. The Hall–Kier alpha value is -4.82. The number of methoxy groups -OCH3 is 1. The van der Waals surface area contributed by atoms with Gasteiger partial charge in [0.2, 0.25) is 17.6 Å². The molecule has 0 radical (unpaired) electrons. The lowest BCUT2D eigenvalue weighted by Crippen LogP contribution is -2.68. The van der Waals surface area contributed by atoms with Crippen molar-refractivity contribution in [3.63, 3.8) is 0 Å². The highest BCUT2D eigenvalue weighted by Crippen LogP contribution is 2.52. The van der Waals surface area contributed by atoms with Crippen LogP contribution in [0.3, 0.4) is 0 Å². The number of aliphatic hydroxyl groups is 2. The topological polar surface area (TPSA) is 266 Å². The lowest BCUT2D eigenvalue weighted by molar-refractivity contribution is -0.297. The minimum absolute atomic E-state index is 0.0155. The molecule has 0 saturated carbocycles. The number of ether oxygens (including phenoxy) is 5. The van der Waals surface area contributed by atoms with Crippen LogP contribution < -0.4 is 20.7 Å². The number of urea groups is 1. The summed E-state index contributed by atoms with van der Waals surface area (Å²) >= 11 is 0. The van der Waals surface area contributed by atoms with Crippen LogP contribution in [0, 0.1) is 5.92 Å². The molecule has 0 aromatic heterocycles. The van der Waals surface area contributed by atoms with E-state index in [0.29, 0.717) is 0 Å². The Morgan fingerprint density at radius 1 is 0.964 bits per heavy atom. The van der Waals surface area contributed by atoms with Gasteiger partial charge in [0.05, 0.1) is 54.3 Å². The van der Waals surface area contributed by atoms with E-state index in [1.807, 2.05) is 0 Å². The second-order valence-corrected chi connectivity index (χ2v) is 15.0. The number of amides is 4. The monoisotopic (exact) mass is 781 g/mol. The molecule has 2 aromatic rings. The van der Waals surface area contributed by atoms with Crippen molar-refractivity contribution in [1.82, 2.24) is 16.0 Å². The number of benzene rings is 2. The van der Waals surface area contributed by atoms with E-state index in [2.05, 4.69) is 16.0 Å². The van der Waals surface area contributed by atoms with Gasteiger partial charge in [0.25, 0.3) is 0 Å². The van der Waals surface area contributed by atoms with Gasteiger partial charge in [-0.1, -0.05) is 12.1 Å². The molecule has 3 heterocycles. The van der Waals surface area contributed by atoms with Crippen molar-refractivity contribution in [3.8, 4) is 17.2 Å². The van der Waals surface area contributed by atoms with E-state index >= 15 is 0 Å². The number of rotatable bonds is 7. The molecule has 3 fully saturated rings. The minimum atomic E-state index is -2.14. The number of phenolic OH excluding ortho intramolecular Hbond substituents is 2. The largest absolute Gasteiger partial charge is 0.507 e. The van der Waals surface area contributed by atoms with Crippen molar-refractivity contribution in [3.05, 3.63) is 51.6 Å². The van der Waals surface area contributed by atoms with Crippen LogP contribution in [0.1, 0.15) is 96.0 Å². The van der Waals surface area contributed by atoms with Crippen molar-refractivity contribution in [2.45, 2.75) is 114 Å². The molecule has 2 aromatic carbocycles. The van der Waals surface area contributed by atoms with E-state index in [4.69, 9.17) is 23.7 Å². The molecule has 0 bridgehead atoms. The highest BCUT2D eigenvalue weighted by Gasteiger charge is 2.52. The average molecular weight is 782 g/mol. The number of ketones is 3. The summed E-state index contributed by atoms with van der Waals surface area (Å²) in [6.45, 7) is 5.94. The van der Waals surface area contributed by atoms with Gasteiger partial charge in [-0.3, -0.25) is 34.6 Å². The zero-order valence-corrected chi connectivity index (χ0v) is 31.1. The molecule has 7 N–H and O–H groups in total. The summed E-state index contributed by atoms with van der Waals surface area (Å²) in [6.07, 6.45) is -8.08. The van der Waals surface area contributed by atoms with Crippen LogP contribution in [-0.2, 0) is 39.8 Å². The lowest BCUT2D eigenvalue weighted by Gasteiger charge is -2.48. The first-order valence-electron chi connectivity index (χ1n) is 18.3. The SMILES string of the molecule is COc1cccc2c1C(=O)c1c(O)c3c(c(O)c1C2=O)C[C@@](O)(C(C)=O)C[C@H]3O[C@H]1C[C@@H]2N[C@H](C3C(=O)NC(=O)NC3=O)[C@@H](C)O[C@H](C[C@H](C)O)O[C@H]2[C@@H](C)O1. The Bertz CT molecular complexity index is 2010. The first-order valence-corrected chi connectivity index (χ1v) is 18.3. The first kappa shape index (κ1) is 39.4.